The maximum atomic E-state index is 11.3. The lowest BCUT2D eigenvalue weighted by atomic mass is 10.3. The second kappa shape index (κ2) is 4.64. The van der Waals surface area contributed by atoms with E-state index in [4.69, 9.17) is 11.6 Å². The topological polar surface area (TPSA) is 110 Å². The highest BCUT2D eigenvalue weighted by Crippen LogP contribution is 2.24. The van der Waals surface area contributed by atoms with Gasteiger partial charge in [0.2, 0.25) is 5.91 Å². The zero-order chi connectivity index (χ0) is 12.4. The smallest absolute Gasteiger partial charge is 0.247 e. The number of hydrogen-bond acceptors (Lipinski definition) is 5. The van der Waals surface area contributed by atoms with Crippen molar-refractivity contribution in [2.24, 2.45) is 5.84 Å². The van der Waals surface area contributed by atoms with Crippen molar-refractivity contribution in [3.63, 3.8) is 0 Å². The van der Waals surface area contributed by atoms with Crippen LogP contribution in [0.3, 0.4) is 0 Å². The third kappa shape index (κ3) is 2.51. The van der Waals surface area contributed by atoms with Gasteiger partial charge in [-0.2, -0.15) is 0 Å². The van der Waals surface area contributed by atoms with Crippen LogP contribution in [0.5, 0.6) is 0 Å². The highest BCUT2D eigenvalue weighted by Gasteiger charge is 2.15. The minimum atomic E-state index is -0.307. The van der Waals surface area contributed by atoms with Crippen LogP contribution in [0.15, 0.2) is 23.4 Å². The van der Waals surface area contributed by atoms with Crippen molar-refractivity contribution in [1.82, 2.24) is 15.4 Å². The molecule has 1 atom stereocenters. The highest BCUT2D eigenvalue weighted by atomic mass is 32.2. The quantitative estimate of drug-likeness (QED) is 0.210. The van der Waals surface area contributed by atoms with Gasteiger partial charge in [-0.25, -0.2) is 10.8 Å². The molecule has 0 bridgehead atoms. The van der Waals surface area contributed by atoms with Crippen LogP contribution in [-0.4, -0.2) is 21.1 Å². The Morgan fingerprint density at radius 2 is 2.35 bits per heavy atom. The summed E-state index contributed by atoms with van der Waals surface area (Å²) in [6.07, 6.45) is 0. The summed E-state index contributed by atoms with van der Waals surface area (Å²) >= 11 is 1.31. The molecule has 0 aliphatic heterocycles. The summed E-state index contributed by atoms with van der Waals surface area (Å²) in [6, 6.07) is 5.42. The van der Waals surface area contributed by atoms with E-state index in [1.165, 1.54) is 11.8 Å². The Morgan fingerprint density at radius 1 is 1.59 bits per heavy atom. The van der Waals surface area contributed by atoms with Gasteiger partial charge in [-0.05, 0) is 25.1 Å². The molecule has 2 rings (SSSR count). The number of nitrogen functional groups attached to an aromatic ring is 1. The molecule has 1 heterocycles. The van der Waals surface area contributed by atoms with E-state index in [0.29, 0.717) is 10.8 Å². The normalized spacial score (nSPS) is 12.6. The zero-order valence-corrected chi connectivity index (χ0v) is 10.0. The zero-order valence-electron chi connectivity index (χ0n) is 9.23. The second-order valence-corrected chi connectivity index (χ2v) is 4.92. The van der Waals surface area contributed by atoms with Crippen LogP contribution in [0, 0.1) is 0 Å². The Hall–Kier alpha value is -1.73. The fraction of sp³-hybridized carbons (Fsp3) is 0.200. The Balaban J connectivity index is 2.22. The number of benzene rings is 1. The highest BCUT2D eigenvalue weighted by molar-refractivity contribution is 8.00. The number of thioether (sulfide) groups is 1. The van der Waals surface area contributed by atoms with Gasteiger partial charge < -0.3 is 10.7 Å². The average molecular weight is 251 g/mol. The minimum absolute atomic E-state index is 0.241. The number of nitrogens with one attached hydrogen (secondary N) is 2. The van der Waals surface area contributed by atoms with Gasteiger partial charge >= 0.3 is 0 Å². The van der Waals surface area contributed by atoms with E-state index in [1.54, 1.807) is 19.1 Å². The number of rotatable bonds is 3. The molecule has 6 nitrogen and oxygen atoms in total. The van der Waals surface area contributed by atoms with Crippen molar-refractivity contribution in [3.05, 3.63) is 18.2 Å². The summed E-state index contributed by atoms with van der Waals surface area (Å²) in [6.45, 7) is 1.76. The van der Waals surface area contributed by atoms with Crippen molar-refractivity contribution in [2.75, 3.05) is 5.73 Å². The van der Waals surface area contributed by atoms with E-state index in [9.17, 15) is 4.79 Å². The number of nitrogens with zero attached hydrogens (tertiary/aromatic N) is 1. The molecule has 1 unspecified atom stereocenters. The van der Waals surface area contributed by atoms with Crippen LogP contribution in [0.1, 0.15) is 6.92 Å². The number of aromatic amines is 1. The number of hydrazine groups is 1. The third-order valence-corrected chi connectivity index (χ3v) is 3.27. The first kappa shape index (κ1) is 11.7. The number of carbonyl (C=O) groups excluding carboxylic acids is 1. The molecule has 0 saturated heterocycles. The van der Waals surface area contributed by atoms with Gasteiger partial charge in [-0.1, -0.05) is 11.8 Å². The summed E-state index contributed by atoms with van der Waals surface area (Å²) < 4.78 is 0. The summed E-state index contributed by atoms with van der Waals surface area (Å²) in [5, 5.41) is 0.361. The number of hydrogen-bond donors (Lipinski definition) is 4. The molecular formula is C10H13N5OS. The molecule has 0 spiro atoms. The maximum absolute atomic E-state index is 11.3. The number of amides is 1. The van der Waals surface area contributed by atoms with Gasteiger partial charge in [0.25, 0.3) is 0 Å². The predicted molar refractivity (Wildman–Crippen MR) is 68.2 cm³/mol. The van der Waals surface area contributed by atoms with Crippen LogP contribution in [-0.2, 0) is 4.79 Å². The number of fused-ring (bicyclic) bond motifs is 1. The Bertz CT molecular complexity index is 553. The lowest BCUT2D eigenvalue weighted by molar-refractivity contribution is -0.120. The van der Waals surface area contributed by atoms with Crippen molar-refractivity contribution < 1.29 is 4.79 Å². The van der Waals surface area contributed by atoms with Crippen LogP contribution >= 0.6 is 11.8 Å². The fourth-order valence-corrected chi connectivity index (χ4v) is 2.23. The molecule has 0 fully saturated rings. The van der Waals surface area contributed by atoms with E-state index in [0.717, 1.165) is 11.0 Å². The number of H-pyrrole nitrogens is 1. The third-order valence-electron chi connectivity index (χ3n) is 2.28. The molecule has 2 aromatic rings. The van der Waals surface area contributed by atoms with Crippen LogP contribution in [0.2, 0.25) is 0 Å². The molecule has 90 valence electrons. The van der Waals surface area contributed by atoms with Crippen LogP contribution < -0.4 is 17.0 Å². The molecule has 1 aromatic heterocycles. The molecule has 7 heteroatoms. The van der Waals surface area contributed by atoms with Gasteiger partial charge in [0.1, 0.15) is 0 Å². The first-order valence-electron chi connectivity index (χ1n) is 5.02. The maximum Gasteiger partial charge on any atom is 0.247 e. The van der Waals surface area contributed by atoms with E-state index >= 15 is 0 Å². The number of imidazole rings is 1. The summed E-state index contributed by atoms with van der Waals surface area (Å²) in [5.74, 6) is 4.82. The molecule has 1 aromatic carbocycles. The van der Waals surface area contributed by atoms with E-state index < -0.39 is 0 Å². The lowest BCUT2D eigenvalue weighted by Crippen LogP contribution is -2.36. The van der Waals surface area contributed by atoms with Gasteiger partial charge in [0.15, 0.2) is 5.16 Å². The SMILES string of the molecule is CC(Sc1nc2ccc(N)cc2[nH]1)C(=O)NN. The van der Waals surface area contributed by atoms with Crippen molar-refractivity contribution in [2.45, 2.75) is 17.3 Å². The molecule has 1 amide bonds. The largest absolute Gasteiger partial charge is 0.399 e. The summed E-state index contributed by atoms with van der Waals surface area (Å²) in [7, 11) is 0. The predicted octanol–water partition coefficient (Wildman–Crippen LogP) is 0.616. The van der Waals surface area contributed by atoms with E-state index in [2.05, 4.69) is 15.4 Å². The fourth-order valence-electron chi connectivity index (χ4n) is 1.40. The number of aromatic nitrogens is 2. The van der Waals surface area contributed by atoms with Gasteiger partial charge in [-0.15, -0.1) is 0 Å². The van der Waals surface area contributed by atoms with Crippen molar-refractivity contribution >= 4 is 34.4 Å². The molecule has 0 radical (unpaired) electrons. The Morgan fingerprint density at radius 3 is 3.06 bits per heavy atom. The van der Waals surface area contributed by atoms with E-state index in [-0.39, 0.29) is 11.2 Å². The van der Waals surface area contributed by atoms with Gasteiger partial charge in [-0.3, -0.25) is 10.2 Å². The Labute approximate surface area is 102 Å². The van der Waals surface area contributed by atoms with Crippen LogP contribution in [0.4, 0.5) is 5.69 Å². The molecule has 17 heavy (non-hydrogen) atoms. The number of anilines is 1. The van der Waals surface area contributed by atoms with Gasteiger partial charge in [0, 0.05) is 5.69 Å². The monoisotopic (exact) mass is 251 g/mol. The molecule has 0 aliphatic rings. The first-order chi connectivity index (χ1) is 8.10. The molecule has 0 saturated carbocycles. The first-order valence-corrected chi connectivity index (χ1v) is 5.90. The molecule has 0 aliphatic carbocycles. The summed E-state index contributed by atoms with van der Waals surface area (Å²) in [5.41, 5.74) is 10.1. The van der Waals surface area contributed by atoms with E-state index in [1.807, 2.05) is 6.07 Å². The number of carbonyl (C=O) groups is 1. The lowest BCUT2D eigenvalue weighted by Gasteiger charge is -2.05. The van der Waals surface area contributed by atoms with Crippen molar-refractivity contribution in [3.8, 4) is 0 Å². The average Bonchev–Trinajstić information content (AvgIpc) is 2.69. The van der Waals surface area contributed by atoms with Crippen LogP contribution in [0.25, 0.3) is 11.0 Å². The molecule has 6 N–H and O–H groups in total. The standard InChI is InChI=1S/C10H13N5OS/c1-5(9(16)15-12)17-10-13-7-3-2-6(11)4-8(7)14-10/h2-5H,11-12H2,1H3,(H,13,14)(H,15,16). The molecular weight excluding hydrogens is 238 g/mol. The Kier molecular flexibility index (Phi) is 3.21. The second-order valence-electron chi connectivity index (χ2n) is 3.59. The minimum Gasteiger partial charge on any atom is -0.399 e. The number of nitrogens with two attached hydrogens (primary N) is 2. The summed E-state index contributed by atoms with van der Waals surface area (Å²) in [4.78, 5) is 18.7. The van der Waals surface area contributed by atoms with Gasteiger partial charge in [0.05, 0.1) is 16.3 Å². The van der Waals surface area contributed by atoms with Crippen molar-refractivity contribution in [1.29, 1.82) is 0 Å².